The molecule has 0 N–H and O–H groups in total. The molecule has 2 aromatic carbocycles. The second kappa shape index (κ2) is 6.63. The number of halogens is 1. The van der Waals surface area contributed by atoms with Gasteiger partial charge >= 0.3 is 5.97 Å². The summed E-state index contributed by atoms with van der Waals surface area (Å²) in [5, 5.41) is 0. The van der Waals surface area contributed by atoms with E-state index >= 15 is 0 Å². The molecule has 0 saturated carbocycles. The van der Waals surface area contributed by atoms with Crippen molar-refractivity contribution in [2.45, 2.75) is 6.92 Å². The fourth-order valence-electron chi connectivity index (χ4n) is 1.89. The largest absolute Gasteiger partial charge is 0.496 e. The van der Waals surface area contributed by atoms with E-state index in [-0.39, 0.29) is 5.56 Å². The molecule has 5 heteroatoms. The monoisotopic (exact) mass is 350 g/mol. The number of carbonyl (C=O) groups excluding carboxylic acids is 1. The normalized spacial score (nSPS) is 10.1. The SMILES string of the molecule is COc1cccc(OC)c1C(=O)Oc1ccc(Br)c(C)c1. The molecule has 0 aliphatic carbocycles. The Balaban J connectivity index is 2.34. The predicted octanol–water partition coefficient (Wildman–Crippen LogP) is 3.99. The highest BCUT2D eigenvalue weighted by atomic mass is 79.9. The number of esters is 1. The summed E-state index contributed by atoms with van der Waals surface area (Å²) in [4.78, 5) is 12.4. The number of methoxy groups -OCH3 is 2. The molecule has 0 heterocycles. The van der Waals surface area contributed by atoms with Gasteiger partial charge in [0, 0.05) is 4.47 Å². The number of hydrogen-bond acceptors (Lipinski definition) is 4. The highest BCUT2D eigenvalue weighted by Crippen LogP contribution is 2.30. The first-order valence-electron chi connectivity index (χ1n) is 6.26. The fourth-order valence-corrected chi connectivity index (χ4v) is 2.14. The summed E-state index contributed by atoms with van der Waals surface area (Å²) in [5.74, 6) is 0.765. The zero-order valence-electron chi connectivity index (χ0n) is 12.0. The lowest BCUT2D eigenvalue weighted by atomic mass is 10.1. The Morgan fingerprint density at radius 2 is 1.67 bits per heavy atom. The third-order valence-electron chi connectivity index (χ3n) is 2.97. The van der Waals surface area contributed by atoms with Crippen LogP contribution in [0.2, 0.25) is 0 Å². The van der Waals surface area contributed by atoms with Crippen LogP contribution in [0.4, 0.5) is 0 Å². The highest BCUT2D eigenvalue weighted by molar-refractivity contribution is 9.10. The number of carbonyl (C=O) groups is 1. The van der Waals surface area contributed by atoms with Gasteiger partial charge < -0.3 is 14.2 Å². The van der Waals surface area contributed by atoms with Crippen molar-refractivity contribution in [3.05, 3.63) is 52.0 Å². The van der Waals surface area contributed by atoms with Gasteiger partial charge in [-0.15, -0.1) is 0 Å². The van der Waals surface area contributed by atoms with E-state index in [1.54, 1.807) is 30.3 Å². The molecule has 0 aliphatic rings. The van der Waals surface area contributed by atoms with Crippen LogP contribution in [0, 0.1) is 6.92 Å². The number of aryl methyl sites for hydroxylation is 1. The van der Waals surface area contributed by atoms with E-state index in [1.165, 1.54) is 14.2 Å². The lowest BCUT2D eigenvalue weighted by Crippen LogP contribution is -2.12. The van der Waals surface area contributed by atoms with Gasteiger partial charge in [0.2, 0.25) is 0 Å². The van der Waals surface area contributed by atoms with Gasteiger partial charge in [-0.3, -0.25) is 0 Å². The van der Waals surface area contributed by atoms with Crippen LogP contribution in [0.5, 0.6) is 17.2 Å². The quantitative estimate of drug-likeness (QED) is 0.617. The van der Waals surface area contributed by atoms with Crippen molar-refractivity contribution < 1.29 is 19.0 Å². The zero-order chi connectivity index (χ0) is 15.4. The minimum atomic E-state index is -0.522. The molecule has 0 fully saturated rings. The van der Waals surface area contributed by atoms with Gasteiger partial charge in [0.05, 0.1) is 14.2 Å². The van der Waals surface area contributed by atoms with Gasteiger partial charge in [-0.05, 0) is 42.8 Å². The van der Waals surface area contributed by atoms with Crippen LogP contribution in [0.25, 0.3) is 0 Å². The summed E-state index contributed by atoms with van der Waals surface area (Å²) >= 11 is 3.41. The fraction of sp³-hybridized carbons (Fsp3) is 0.188. The van der Waals surface area contributed by atoms with Crippen molar-refractivity contribution in [3.8, 4) is 17.2 Å². The average Bonchev–Trinajstić information content (AvgIpc) is 2.49. The molecule has 4 nitrogen and oxygen atoms in total. The molecule has 0 radical (unpaired) electrons. The molecule has 0 atom stereocenters. The summed E-state index contributed by atoms with van der Waals surface area (Å²) in [6, 6.07) is 10.5. The molecule has 110 valence electrons. The second-order valence-electron chi connectivity index (χ2n) is 4.34. The van der Waals surface area contributed by atoms with Gasteiger partial charge in [-0.25, -0.2) is 4.79 Å². The van der Waals surface area contributed by atoms with Crippen molar-refractivity contribution in [1.82, 2.24) is 0 Å². The van der Waals surface area contributed by atoms with Crippen LogP contribution in [-0.4, -0.2) is 20.2 Å². The molecule has 0 saturated heterocycles. The van der Waals surface area contributed by atoms with E-state index in [2.05, 4.69) is 15.9 Å². The Labute approximate surface area is 131 Å². The van der Waals surface area contributed by atoms with Crippen molar-refractivity contribution in [2.75, 3.05) is 14.2 Å². The number of rotatable bonds is 4. The Hall–Kier alpha value is -2.01. The van der Waals surface area contributed by atoms with Crippen LogP contribution < -0.4 is 14.2 Å². The Morgan fingerprint density at radius 3 is 2.19 bits per heavy atom. The van der Waals surface area contributed by atoms with E-state index in [1.807, 2.05) is 13.0 Å². The van der Waals surface area contributed by atoms with E-state index in [4.69, 9.17) is 14.2 Å². The first kappa shape index (κ1) is 15.4. The van der Waals surface area contributed by atoms with E-state index < -0.39 is 5.97 Å². The third-order valence-corrected chi connectivity index (χ3v) is 3.86. The molecule has 0 amide bonds. The van der Waals surface area contributed by atoms with Gasteiger partial charge in [-0.1, -0.05) is 22.0 Å². The molecule has 2 rings (SSSR count). The van der Waals surface area contributed by atoms with Crippen molar-refractivity contribution in [3.63, 3.8) is 0 Å². The standard InChI is InChI=1S/C16H15BrO4/c1-10-9-11(7-8-12(10)17)21-16(18)15-13(19-2)5-4-6-14(15)20-3/h4-9H,1-3H3. The molecule has 0 bridgehead atoms. The summed E-state index contributed by atoms with van der Waals surface area (Å²) in [6.07, 6.45) is 0. The van der Waals surface area contributed by atoms with Crippen LogP contribution in [-0.2, 0) is 0 Å². The number of hydrogen-bond donors (Lipinski definition) is 0. The van der Waals surface area contributed by atoms with E-state index in [0.29, 0.717) is 17.2 Å². The lowest BCUT2D eigenvalue weighted by molar-refractivity contribution is 0.0727. The molecule has 2 aromatic rings. The Morgan fingerprint density at radius 1 is 1.05 bits per heavy atom. The first-order chi connectivity index (χ1) is 10.1. The first-order valence-corrected chi connectivity index (χ1v) is 7.05. The minimum absolute atomic E-state index is 0.267. The summed E-state index contributed by atoms with van der Waals surface area (Å²) in [5.41, 5.74) is 1.25. The maximum absolute atomic E-state index is 12.4. The topological polar surface area (TPSA) is 44.8 Å². The van der Waals surface area contributed by atoms with Gasteiger partial charge in [0.25, 0.3) is 0 Å². The summed E-state index contributed by atoms with van der Waals surface area (Å²) < 4.78 is 16.8. The van der Waals surface area contributed by atoms with Gasteiger partial charge in [0.1, 0.15) is 22.8 Å². The van der Waals surface area contributed by atoms with Crippen molar-refractivity contribution in [2.24, 2.45) is 0 Å². The van der Waals surface area contributed by atoms with Crippen LogP contribution in [0.3, 0.4) is 0 Å². The van der Waals surface area contributed by atoms with Gasteiger partial charge in [0.15, 0.2) is 0 Å². The number of ether oxygens (including phenoxy) is 3. The predicted molar refractivity (Wildman–Crippen MR) is 83.4 cm³/mol. The number of benzene rings is 2. The van der Waals surface area contributed by atoms with Crippen LogP contribution >= 0.6 is 15.9 Å². The molecule has 0 aromatic heterocycles. The third kappa shape index (κ3) is 3.36. The molecule has 0 aliphatic heterocycles. The highest BCUT2D eigenvalue weighted by Gasteiger charge is 2.20. The molecular weight excluding hydrogens is 336 g/mol. The molecule has 21 heavy (non-hydrogen) atoms. The maximum Gasteiger partial charge on any atom is 0.351 e. The molecular formula is C16H15BrO4. The summed E-state index contributed by atoms with van der Waals surface area (Å²) in [6.45, 7) is 1.92. The van der Waals surface area contributed by atoms with Crippen molar-refractivity contribution in [1.29, 1.82) is 0 Å². The van der Waals surface area contributed by atoms with E-state index in [9.17, 15) is 4.79 Å². The molecule has 0 unspecified atom stereocenters. The summed E-state index contributed by atoms with van der Waals surface area (Å²) in [7, 11) is 2.99. The zero-order valence-corrected chi connectivity index (χ0v) is 13.6. The van der Waals surface area contributed by atoms with Crippen LogP contribution in [0.15, 0.2) is 40.9 Å². The van der Waals surface area contributed by atoms with Crippen LogP contribution in [0.1, 0.15) is 15.9 Å². The molecule has 0 spiro atoms. The van der Waals surface area contributed by atoms with Gasteiger partial charge in [-0.2, -0.15) is 0 Å². The second-order valence-corrected chi connectivity index (χ2v) is 5.19. The van der Waals surface area contributed by atoms with Crippen molar-refractivity contribution >= 4 is 21.9 Å². The maximum atomic E-state index is 12.4. The minimum Gasteiger partial charge on any atom is -0.496 e. The smallest absolute Gasteiger partial charge is 0.351 e. The lowest BCUT2D eigenvalue weighted by Gasteiger charge is -2.12. The Bertz CT molecular complexity index is 645. The van der Waals surface area contributed by atoms with E-state index in [0.717, 1.165) is 10.0 Å². The Kier molecular flexibility index (Phi) is 4.85. The average molecular weight is 351 g/mol.